The second-order valence-electron chi connectivity index (χ2n) is 7.46. The van der Waals surface area contributed by atoms with Crippen LogP contribution in [0.15, 0.2) is 68.0 Å². The number of hydrogen-bond acceptors (Lipinski definition) is 7. The van der Waals surface area contributed by atoms with Gasteiger partial charge in [-0.15, -0.1) is 0 Å². The van der Waals surface area contributed by atoms with Gasteiger partial charge in [-0.2, -0.15) is 0 Å². The number of carbonyl (C=O) groups excluding carboxylic acids is 1. The van der Waals surface area contributed by atoms with Crippen LogP contribution in [-0.4, -0.2) is 31.4 Å². The Kier molecular flexibility index (Phi) is 7.04. The lowest BCUT2D eigenvalue weighted by atomic mass is 9.96. The highest BCUT2D eigenvalue weighted by Gasteiger charge is 2.33. The van der Waals surface area contributed by atoms with Crippen LogP contribution in [0.4, 0.5) is 0 Å². The zero-order valence-electron chi connectivity index (χ0n) is 19.1. The molecule has 0 unspecified atom stereocenters. The minimum Gasteiger partial charge on any atom is -0.497 e. The zero-order chi connectivity index (χ0) is 24.4. The maximum atomic E-state index is 13.7. The van der Waals surface area contributed by atoms with Crippen molar-refractivity contribution in [1.82, 2.24) is 4.57 Å². The Morgan fingerprint density at radius 2 is 1.91 bits per heavy atom. The van der Waals surface area contributed by atoms with Gasteiger partial charge in [-0.3, -0.25) is 9.36 Å². The molecule has 0 saturated heterocycles. The van der Waals surface area contributed by atoms with E-state index in [-0.39, 0.29) is 12.2 Å². The number of benzene rings is 2. The Balaban J connectivity index is 1.96. The summed E-state index contributed by atoms with van der Waals surface area (Å²) in [5.74, 6) is 0.827. The molecule has 0 aliphatic carbocycles. The number of rotatable bonds is 6. The number of hydrogen-bond donors (Lipinski definition) is 0. The fourth-order valence-electron chi connectivity index (χ4n) is 3.85. The Morgan fingerprint density at radius 1 is 1.18 bits per heavy atom. The van der Waals surface area contributed by atoms with Gasteiger partial charge in [0, 0.05) is 10.0 Å². The Bertz CT molecular complexity index is 1450. The molecule has 9 heteroatoms. The lowest BCUT2D eigenvalue weighted by Crippen LogP contribution is -2.39. The number of carbonyl (C=O) groups is 1. The fraction of sp³-hybridized carbons (Fsp3) is 0.240. The number of aromatic nitrogens is 1. The highest BCUT2D eigenvalue weighted by Crippen LogP contribution is 2.31. The quantitative estimate of drug-likeness (QED) is 0.445. The summed E-state index contributed by atoms with van der Waals surface area (Å²) in [6.07, 6.45) is 1.78. The molecule has 1 aromatic heterocycles. The predicted octanol–water partition coefficient (Wildman–Crippen LogP) is 3.58. The first-order chi connectivity index (χ1) is 16.4. The maximum Gasteiger partial charge on any atom is 0.338 e. The average Bonchev–Trinajstić information content (AvgIpc) is 3.13. The number of thiazole rings is 1. The molecule has 2 heterocycles. The van der Waals surface area contributed by atoms with E-state index >= 15 is 0 Å². The first-order valence-corrected chi connectivity index (χ1v) is 12.2. The summed E-state index contributed by atoms with van der Waals surface area (Å²) in [5.41, 5.74) is 2.12. The van der Waals surface area contributed by atoms with E-state index < -0.39 is 12.0 Å². The highest BCUT2D eigenvalue weighted by molar-refractivity contribution is 9.10. The molecule has 1 aliphatic rings. The minimum absolute atomic E-state index is 0.220. The summed E-state index contributed by atoms with van der Waals surface area (Å²) in [4.78, 5) is 31.7. The van der Waals surface area contributed by atoms with E-state index in [9.17, 15) is 9.59 Å². The molecule has 0 N–H and O–H groups in total. The van der Waals surface area contributed by atoms with Gasteiger partial charge in [-0.05, 0) is 55.8 Å². The summed E-state index contributed by atoms with van der Waals surface area (Å²) < 4.78 is 19.0. The molecule has 3 aromatic rings. The van der Waals surface area contributed by atoms with Crippen LogP contribution < -0.4 is 24.4 Å². The van der Waals surface area contributed by atoms with Gasteiger partial charge in [0.15, 0.2) is 4.80 Å². The largest absolute Gasteiger partial charge is 0.497 e. The van der Waals surface area contributed by atoms with Gasteiger partial charge in [0.2, 0.25) is 0 Å². The van der Waals surface area contributed by atoms with E-state index in [0.717, 1.165) is 15.6 Å². The SMILES string of the molecule is CCOC(=O)C1=C(C)N=c2sc(=Cc3cc(Br)ccc3OC)c(=O)n2[C@H]1c1ccc(OC)cc1. The third-order valence-corrected chi connectivity index (χ3v) is 6.90. The lowest BCUT2D eigenvalue weighted by molar-refractivity contribution is -0.139. The van der Waals surface area contributed by atoms with Crippen molar-refractivity contribution in [2.45, 2.75) is 19.9 Å². The number of fused-ring (bicyclic) bond motifs is 1. The van der Waals surface area contributed by atoms with Crippen molar-refractivity contribution in [1.29, 1.82) is 0 Å². The van der Waals surface area contributed by atoms with Gasteiger partial charge in [-0.1, -0.05) is 39.4 Å². The highest BCUT2D eigenvalue weighted by atomic mass is 79.9. The van der Waals surface area contributed by atoms with Gasteiger partial charge in [0.25, 0.3) is 5.56 Å². The summed E-state index contributed by atoms with van der Waals surface area (Å²) in [5, 5.41) is 0. The van der Waals surface area contributed by atoms with Crippen LogP contribution in [0, 0.1) is 0 Å². The standard InChI is InChI=1S/C25H23BrN2O5S/c1-5-33-24(30)21-14(2)27-25-28(22(21)15-6-9-18(31-3)10-7-15)23(29)20(34-25)13-16-12-17(26)8-11-19(16)32-4/h6-13,22H,5H2,1-4H3/t22-/m0/s1. The summed E-state index contributed by atoms with van der Waals surface area (Å²) >= 11 is 4.74. The molecule has 0 bridgehead atoms. The zero-order valence-corrected chi connectivity index (χ0v) is 21.5. The normalized spacial score (nSPS) is 15.6. The molecule has 4 rings (SSSR count). The number of esters is 1. The third kappa shape index (κ3) is 4.45. The van der Waals surface area contributed by atoms with Crippen molar-refractivity contribution in [2.24, 2.45) is 4.99 Å². The van der Waals surface area contributed by atoms with Crippen molar-refractivity contribution in [3.8, 4) is 11.5 Å². The molecule has 176 valence electrons. The smallest absolute Gasteiger partial charge is 0.338 e. The summed E-state index contributed by atoms with van der Waals surface area (Å²) in [6.45, 7) is 3.73. The molecule has 0 fully saturated rings. The van der Waals surface area contributed by atoms with Gasteiger partial charge in [-0.25, -0.2) is 9.79 Å². The molecule has 1 aliphatic heterocycles. The van der Waals surface area contributed by atoms with Gasteiger partial charge in [0.05, 0.1) is 42.7 Å². The molecule has 0 saturated carbocycles. The molecular weight excluding hydrogens is 520 g/mol. The van der Waals surface area contributed by atoms with Crippen LogP contribution in [0.1, 0.15) is 31.0 Å². The molecule has 0 spiro atoms. The number of ether oxygens (including phenoxy) is 3. The predicted molar refractivity (Wildman–Crippen MR) is 134 cm³/mol. The van der Waals surface area contributed by atoms with Crippen molar-refractivity contribution < 1.29 is 19.0 Å². The van der Waals surface area contributed by atoms with Crippen molar-refractivity contribution in [3.63, 3.8) is 0 Å². The summed E-state index contributed by atoms with van der Waals surface area (Å²) in [6, 6.07) is 12.2. The van der Waals surface area contributed by atoms with E-state index in [1.807, 2.05) is 30.3 Å². The molecule has 0 radical (unpaired) electrons. The van der Waals surface area contributed by atoms with Crippen LogP contribution in [0.2, 0.25) is 0 Å². The molecule has 2 aromatic carbocycles. The topological polar surface area (TPSA) is 79.1 Å². The third-order valence-electron chi connectivity index (χ3n) is 5.43. The Morgan fingerprint density at radius 3 is 2.56 bits per heavy atom. The molecule has 1 atom stereocenters. The molecule has 0 amide bonds. The summed E-state index contributed by atoms with van der Waals surface area (Å²) in [7, 11) is 3.17. The lowest BCUT2D eigenvalue weighted by Gasteiger charge is -2.24. The number of allylic oxidation sites excluding steroid dienone is 1. The van der Waals surface area contributed by atoms with Gasteiger partial charge < -0.3 is 14.2 Å². The number of methoxy groups -OCH3 is 2. The second-order valence-corrected chi connectivity index (χ2v) is 9.39. The van der Waals surface area contributed by atoms with Gasteiger partial charge in [0.1, 0.15) is 11.5 Å². The first kappa shape index (κ1) is 24.0. The molecule has 7 nitrogen and oxygen atoms in total. The van der Waals surface area contributed by atoms with Crippen molar-refractivity contribution >= 4 is 39.3 Å². The van der Waals surface area contributed by atoms with E-state index in [2.05, 4.69) is 20.9 Å². The maximum absolute atomic E-state index is 13.7. The molecule has 34 heavy (non-hydrogen) atoms. The molecular formula is C25H23BrN2O5S. The van der Waals surface area contributed by atoms with Crippen LogP contribution >= 0.6 is 27.3 Å². The second kappa shape index (κ2) is 9.99. The van der Waals surface area contributed by atoms with Crippen molar-refractivity contribution in [3.05, 3.63) is 89.0 Å². The Hall–Kier alpha value is -3.17. The minimum atomic E-state index is -0.673. The van der Waals surface area contributed by atoms with E-state index in [4.69, 9.17) is 14.2 Å². The van der Waals surface area contributed by atoms with E-state index in [1.165, 1.54) is 11.3 Å². The number of nitrogens with zero attached hydrogens (tertiary/aromatic N) is 2. The monoisotopic (exact) mass is 542 g/mol. The first-order valence-electron chi connectivity index (χ1n) is 10.5. The van der Waals surface area contributed by atoms with Crippen LogP contribution in [0.5, 0.6) is 11.5 Å². The number of halogens is 1. The average molecular weight is 543 g/mol. The Labute approximate surface area is 208 Å². The van der Waals surface area contributed by atoms with Gasteiger partial charge >= 0.3 is 5.97 Å². The van der Waals surface area contributed by atoms with E-state index in [1.54, 1.807) is 50.8 Å². The van der Waals surface area contributed by atoms with Crippen LogP contribution in [-0.2, 0) is 9.53 Å². The van der Waals surface area contributed by atoms with Crippen LogP contribution in [0.3, 0.4) is 0 Å². The van der Waals surface area contributed by atoms with E-state index in [0.29, 0.717) is 32.1 Å². The fourth-order valence-corrected chi connectivity index (χ4v) is 5.27. The van der Waals surface area contributed by atoms with Crippen molar-refractivity contribution in [2.75, 3.05) is 20.8 Å². The van der Waals surface area contributed by atoms with Crippen LogP contribution in [0.25, 0.3) is 6.08 Å².